The lowest BCUT2D eigenvalue weighted by atomic mass is 10.2. The highest BCUT2D eigenvalue weighted by molar-refractivity contribution is 7.89. The maximum Gasteiger partial charge on any atom is 0.303 e. The van der Waals surface area contributed by atoms with Gasteiger partial charge in [0.25, 0.3) is 10.0 Å². The number of nitrogens with one attached hydrogen (secondary N) is 1. The van der Waals surface area contributed by atoms with Gasteiger partial charge in [0.05, 0.1) is 0 Å². The number of hydrogen-bond donors (Lipinski definition) is 2. The molecule has 0 amide bonds. The first-order valence-electron chi connectivity index (χ1n) is 7.12. The molecule has 21 heavy (non-hydrogen) atoms. The van der Waals surface area contributed by atoms with Crippen LogP contribution in [0.15, 0.2) is 11.2 Å². The smallest absolute Gasteiger partial charge is 0.303 e. The molecule has 8 heteroatoms. The van der Waals surface area contributed by atoms with Crippen LogP contribution in [0.25, 0.3) is 0 Å². The molecule has 2 N–H and O–H groups in total. The number of carbonyl (C=O) groups is 1. The SMILES string of the molecule is CCCn1cc(S(=O)(=O)NCCCCCC(=O)O)nc1C. The van der Waals surface area contributed by atoms with Crippen molar-refractivity contribution in [2.45, 2.75) is 57.5 Å². The number of aromatic nitrogens is 2. The monoisotopic (exact) mass is 317 g/mol. The van der Waals surface area contributed by atoms with Crippen molar-refractivity contribution in [1.82, 2.24) is 14.3 Å². The van der Waals surface area contributed by atoms with Crippen LogP contribution in [0.4, 0.5) is 0 Å². The minimum absolute atomic E-state index is 0.0407. The Bertz CT molecular complexity index is 566. The molecule has 1 aromatic rings. The van der Waals surface area contributed by atoms with Gasteiger partial charge in [-0.15, -0.1) is 0 Å². The van der Waals surface area contributed by atoms with Gasteiger partial charge in [0, 0.05) is 25.7 Å². The molecule has 0 aliphatic heterocycles. The Balaban J connectivity index is 2.46. The summed E-state index contributed by atoms with van der Waals surface area (Å²) >= 11 is 0. The summed E-state index contributed by atoms with van der Waals surface area (Å²) in [5, 5.41) is 8.54. The predicted molar refractivity (Wildman–Crippen MR) is 78.5 cm³/mol. The van der Waals surface area contributed by atoms with E-state index in [1.165, 1.54) is 0 Å². The van der Waals surface area contributed by atoms with Gasteiger partial charge in [-0.3, -0.25) is 4.79 Å². The summed E-state index contributed by atoms with van der Waals surface area (Å²) in [7, 11) is -3.58. The molecule has 0 bridgehead atoms. The van der Waals surface area contributed by atoms with Crippen LogP contribution in [0.5, 0.6) is 0 Å². The van der Waals surface area contributed by atoms with Gasteiger partial charge in [-0.25, -0.2) is 18.1 Å². The first-order valence-corrected chi connectivity index (χ1v) is 8.60. The van der Waals surface area contributed by atoms with Crippen molar-refractivity contribution in [3.05, 3.63) is 12.0 Å². The number of imidazole rings is 1. The van der Waals surface area contributed by atoms with E-state index in [2.05, 4.69) is 9.71 Å². The number of carboxylic acids is 1. The molecule has 0 unspecified atom stereocenters. The van der Waals surface area contributed by atoms with Crippen LogP contribution >= 0.6 is 0 Å². The van der Waals surface area contributed by atoms with Crippen LogP contribution in [0.3, 0.4) is 0 Å². The summed E-state index contributed by atoms with van der Waals surface area (Å²) in [5.74, 6) is -0.147. The van der Waals surface area contributed by atoms with E-state index in [1.807, 2.05) is 11.5 Å². The Hall–Kier alpha value is -1.41. The van der Waals surface area contributed by atoms with E-state index in [0.717, 1.165) is 13.0 Å². The van der Waals surface area contributed by atoms with Crippen LogP contribution in [-0.2, 0) is 21.4 Å². The van der Waals surface area contributed by atoms with Gasteiger partial charge in [0.15, 0.2) is 5.03 Å². The average Bonchev–Trinajstić information content (AvgIpc) is 2.76. The first kappa shape index (κ1) is 17.6. The summed E-state index contributed by atoms with van der Waals surface area (Å²) in [6, 6.07) is 0. The molecule has 120 valence electrons. The van der Waals surface area contributed by atoms with Crippen molar-refractivity contribution in [3.63, 3.8) is 0 Å². The minimum Gasteiger partial charge on any atom is -0.481 e. The molecule has 0 saturated heterocycles. The van der Waals surface area contributed by atoms with Crippen LogP contribution < -0.4 is 4.72 Å². The number of carboxylic acid groups (broad SMARTS) is 1. The third kappa shape index (κ3) is 5.84. The van der Waals surface area contributed by atoms with E-state index in [-0.39, 0.29) is 11.4 Å². The molecule has 0 aliphatic carbocycles. The van der Waals surface area contributed by atoms with Gasteiger partial charge in [0.2, 0.25) is 0 Å². The number of hydrogen-bond acceptors (Lipinski definition) is 4. The van der Waals surface area contributed by atoms with Crippen molar-refractivity contribution in [1.29, 1.82) is 0 Å². The fourth-order valence-electron chi connectivity index (χ4n) is 1.93. The van der Waals surface area contributed by atoms with Crippen molar-refractivity contribution in [3.8, 4) is 0 Å². The zero-order valence-corrected chi connectivity index (χ0v) is 13.3. The lowest BCUT2D eigenvalue weighted by molar-refractivity contribution is -0.137. The van der Waals surface area contributed by atoms with E-state index < -0.39 is 16.0 Å². The average molecular weight is 317 g/mol. The second-order valence-electron chi connectivity index (χ2n) is 4.92. The summed E-state index contributed by atoms with van der Waals surface area (Å²) in [5.41, 5.74) is 0. The third-order valence-electron chi connectivity index (χ3n) is 3.05. The van der Waals surface area contributed by atoms with Crippen molar-refractivity contribution >= 4 is 16.0 Å². The van der Waals surface area contributed by atoms with Crippen molar-refractivity contribution in [2.75, 3.05) is 6.54 Å². The van der Waals surface area contributed by atoms with Crippen LogP contribution in [-0.4, -0.2) is 35.6 Å². The highest BCUT2D eigenvalue weighted by Gasteiger charge is 2.18. The van der Waals surface area contributed by atoms with Crippen LogP contribution in [0.2, 0.25) is 0 Å². The van der Waals surface area contributed by atoms with Gasteiger partial charge < -0.3 is 9.67 Å². The molecule has 1 aromatic heterocycles. The second-order valence-corrected chi connectivity index (χ2v) is 6.64. The number of aliphatic carboxylic acids is 1. The fourth-order valence-corrected chi connectivity index (χ4v) is 3.01. The van der Waals surface area contributed by atoms with E-state index in [0.29, 0.717) is 31.6 Å². The van der Waals surface area contributed by atoms with Gasteiger partial charge in [-0.1, -0.05) is 13.3 Å². The zero-order valence-electron chi connectivity index (χ0n) is 12.5. The summed E-state index contributed by atoms with van der Waals surface area (Å²) in [6.07, 6.45) is 4.42. The number of sulfonamides is 1. The van der Waals surface area contributed by atoms with Gasteiger partial charge in [-0.2, -0.15) is 0 Å². The molecule has 1 heterocycles. The highest BCUT2D eigenvalue weighted by atomic mass is 32.2. The zero-order chi connectivity index (χ0) is 15.9. The summed E-state index contributed by atoms with van der Waals surface area (Å²) in [4.78, 5) is 14.4. The number of rotatable bonds is 10. The summed E-state index contributed by atoms with van der Waals surface area (Å²) in [6.45, 7) is 4.83. The quantitative estimate of drug-likeness (QED) is 0.637. The molecule has 0 aromatic carbocycles. The van der Waals surface area contributed by atoms with Crippen LogP contribution in [0.1, 0.15) is 44.9 Å². The maximum absolute atomic E-state index is 12.1. The molecule has 0 aliphatic rings. The Morgan fingerprint density at radius 3 is 2.71 bits per heavy atom. The highest BCUT2D eigenvalue weighted by Crippen LogP contribution is 2.10. The molecule has 0 spiro atoms. The number of unbranched alkanes of at least 4 members (excludes halogenated alkanes) is 2. The van der Waals surface area contributed by atoms with Crippen molar-refractivity contribution < 1.29 is 18.3 Å². The summed E-state index contributed by atoms with van der Waals surface area (Å²) < 4.78 is 28.4. The van der Waals surface area contributed by atoms with Crippen molar-refractivity contribution in [2.24, 2.45) is 0 Å². The molecule has 0 atom stereocenters. The Labute approximate surface area is 125 Å². The normalized spacial score (nSPS) is 11.7. The lowest BCUT2D eigenvalue weighted by Gasteiger charge is -2.03. The van der Waals surface area contributed by atoms with Gasteiger partial charge >= 0.3 is 5.97 Å². The van der Waals surface area contributed by atoms with E-state index >= 15 is 0 Å². The number of nitrogens with zero attached hydrogens (tertiary/aromatic N) is 2. The molecule has 0 fully saturated rings. The molecular formula is C13H23N3O4S. The second kappa shape index (κ2) is 8.14. The Morgan fingerprint density at radius 2 is 2.10 bits per heavy atom. The minimum atomic E-state index is -3.58. The van der Waals surface area contributed by atoms with E-state index in [1.54, 1.807) is 13.1 Å². The Kier molecular flexibility index (Phi) is 6.83. The molecule has 0 radical (unpaired) electrons. The maximum atomic E-state index is 12.1. The molecule has 0 saturated carbocycles. The lowest BCUT2D eigenvalue weighted by Crippen LogP contribution is -2.25. The fraction of sp³-hybridized carbons (Fsp3) is 0.692. The predicted octanol–water partition coefficient (Wildman–Crippen LogP) is 1.52. The standard InChI is InChI=1S/C13H23N3O4S/c1-3-9-16-10-12(15-11(16)2)21(19,20)14-8-6-4-5-7-13(17)18/h10,14H,3-9H2,1-2H3,(H,17,18). The van der Waals surface area contributed by atoms with E-state index in [9.17, 15) is 13.2 Å². The molecule has 1 rings (SSSR count). The molecule has 7 nitrogen and oxygen atoms in total. The first-order chi connectivity index (χ1) is 9.86. The number of aryl methyl sites for hydroxylation is 2. The van der Waals surface area contributed by atoms with E-state index in [4.69, 9.17) is 5.11 Å². The largest absolute Gasteiger partial charge is 0.481 e. The Morgan fingerprint density at radius 1 is 1.38 bits per heavy atom. The topological polar surface area (TPSA) is 101 Å². The van der Waals surface area contributed by atoms with Crippen LogP contribution in [0, 0.1) is 6.92 Å². The molecular weight excluding hydrogens is 294 g/mol. The van der Waals surface area contributed by atoms with Gasteiger partial charge in [-0.05, 0) is 26.2 Å². The third-order valence-corrected chi connectivity index (χ3v) is 4.38. The van der Waals surface area contributed by atoms with Gasteiger partial charge in [0.1, 0.15) is 5.82 Å².